The Labute approximate surface area is 141 Å². The molecule has 2 heterocycles. The molecule has 0 bridgehead atoms. The second-order valence-corrected chi connectivity index (χ2v) is 6.10. The van der Waals surface area contributed by atoms with E-state index in [0.717, 1.165) is 17.1 Å². The molecule has 0 aliphatic carbocycles. The van der Waals surface area contributed by atoms with E-state index in [1.165, 1.54) is 17.7 Å². The molecule has 0 radical (unpaired) electrons. The highest BCUT2D eigenvalue weighted by Gasteiger charge is 2.30. The fourth-order valence-corrected chi connectivity index (χ4v) is 3.44. The molecule has 120 valence electrons. The number of nitrogens with zero attached hydrogens (tertiary/aromatic N) is 3. The predicted molar refractivity (Wildman–Crippen MR) is 84.1 cm³/mol. The first-order chi connectivity index (χ1) is 11.0. The van der Waals surface area contributed by atoms with E-state index in [1.54, 1.807) is 0 Å². The molecule has 1 aromatic carbocycles. The third kappa shape index (κ3) is 2.41. The summed E-state index contributed by atoms with van der Waals surface area (Å²) < 4.78 is 21.9. The molecule has 0 amide bonds. The van der Waals surface area contributed by atoms with Crippen LogP contribution in [0.3, 0.4) is 0 Å². The lowest BCUT2D eigenvalue weighted by Crippen LogP contribution is -2.27. The second-order valence-electron chi connectivity index (χ2n) is 5.16. The molecule has 23 heavy (non-hydrogen) atoms. The van der Waals surface area contributed by atoms with Crippen LogP contribution in [0.5, 0.6) is 5.75 Å². The summed E-state index contributed by atoms with van der Waals surface area (Å²) >= 11 is 12.1. The van der Waals surface area contributed by atoms with E-state index in [-0.39, 0.29) is 22.2 Å². The summed E-state index contributed by atoms with van der Waals surface area (Å²) in [4.78, 5) is 12.7. The number of rotatable bonds is 2. The number of methoxy groups -OCH3 is 1. The summed E-state index contributed by atoms with van der Waals surface area (Å²) in [5.41, 5.74) is -0.111. The minimum atomic E-state index is -0.719. The topological polar surface area (TPSA) is 60.0 Å². The zero-order chi connectivity index (χ0) is 16.7. The lowest BCUT2D eigenvalue weighted by Gasteiger charge is -2.18. The smallest absolute Gasteiger partial charge is 0.334 e. The molecule has 1 aromatic heterocycles. The van der Waals surface area contributed by atoms with Gasteiger partial charge in [0.1, 0.15) is 23.3 Å². The quantitative estimate of drug-likeness (QED) is 0.775. The molecular formula is C15H12Cl2FN3O2. The van der Waals surface area contributed by atoms with E-state index >= 15 is 0 Å². The monoisotopic (exact) mass is 355 g/mol. The number of imidazole rings is 1. The Kier molecular flexibility index (Phi) is 4.09. The van der Waals surface area contributed by atoms with Crippen LogP contribution in [-0.2, 0) is 6.54 Å². The zero-order valence-corrected chi connectivity index (χ0v) is 13.7. The second kappa shape index (κ2) is 5.91. The van der Waals surface area contributed by atoms with Crippen molar-refractivity contribution in [3.63, 3.8) is 0 Å². The predicted octanol–water partition coefficient (Wildman–Crippen LogP) is 3.39. The van der Waals surface area contributed by atoms with Crippen molar-refractivity contribution < 1.29 is 9.13 Å². The molecule has 2 aromatic rings. The molecule has 8 heteroatoms. The summed E-state index contributed by atoms with van der Waals surface area (Å²) in [7, 11) is 1.39. The molecule has 0 N–H and O–H groups in total. The first-order valence-corrected chi connectivity index (χ1v) is 7.74. The highest BCUT2D eigenvalue weighted by atomic mass is 35.5. The minimum Gasteiger partial charge on any atom is -0.495 e. The molecule has 5 nitrogen and oxygen atoms in total. The molecular weight excluding hydrogens is 344 g/mol. The van der Waals surface area contributed by atoms with E-state index in [9.17, 15) is 14.4 Å². The number of hydrogen-bond donors (Lipinski definition) is 0. The van der Waals surface area contributed by atoms with E-state index in [1.807, 2.05) is 6.07 Å². The minimum absolute atomic E-state index is 0.0398. The Morgan fingerprint density at radius 2 is 2.22 bits per heavy atom. The van der Waals surface area contributed by atoms with Crippen molar-refractivity contribution in [3.8, 4) is 17.5 Å². The lowest BCUT2D eigenvalue weighted by molar-refractivity contribution is 0.413. The zero-order valence-electron chi connectivity index (χ0n) is 12.1. The van der Waals surface area contributed by atoms with Crippen LogP contribution in [0.2, 0.25) is 5.02 Å². The normalized spacial score (nSPS) is 16.7. The van der Waals surface area contributed by atoms with Crippen molar-refractivity contribution in [1.29, 1.82) is 5.26 Å². The van der Waals surface area contributed by atoms with Crippen molar-refractivity contribution in [3.05, 3.63) is 44.8 Å². The molecule has 0 saturated carbocycles. The number of alkyl halides is 1. The Morgan fingerprint density at radius 3 is 2.87 bits per heavy atom. The van der Waals surface area contributed by atoms with Crippen LogP contribution in [-0.4, -0.2) is 16.2 Å². The number of ether oxygens (including phenoxy) is 1. The molecule has 1 atom stereocenters. The van der Waals surface area contributed by atoms with Gasteiger partial charge in [-0.2, -0.15) is 5.26 Å². The van der Waals surface area contributed by atoms with Crippen LogP contribution in [0.1, 0.15) is 29.6 Å². The van der Waals surface area contributed by atoms with Gasteiger partial charge < -0.3 is 4.74 Å². The number of nitriles is 1. The van der Waals surface area contributed by atoms with Crippen molar-refractivity contribution >= 4 is 23.2 Å². The van der Waals surface area contributed by atoms with Gasteiger partial charge in [0.15, 0.2) is 0 Å². The summed E-state index contributed by atoms with van der Waals surface area (Å²) in [6.07, 6.45) is 1.38. The third-order valence-corrected chi connectivity index (χ3v) is 4.60. The van der Waals surface area contributed by atoms with Crippen LogP contribution in [0.15, 0.2) is 16.9 Å². The van der Waals surface area contributed by atoms with E-state index < -0.39 is 16.9 Å². The molecule has 3 rings (SSSR count). The van der Waals surface area contributed by atoms with Gasteiger partial charge in [-0.25, -0.2) is 13.8 Å². The van der Waals surface area contributed by atoms with Gasteiger partial charge in [0.25, 0.3) is 0 Å². The molecule has 1 aliphatic rings. The van der Waals surface area contributed by atoms with Gasteiger partial charge in [0.05, 0.1) is 28.9 Å². The SMILES string of the molecule is COc1cc(-n2c(C#N)c3n(c2=O)CCCC3Cl)c(F)cc1Cl. The van der Waals surface area contributed by atoms with Gasteiger partial charge in [-0.15, -0.1) is 11.6 Å². The van der Waals surface area contributed by atoms with Gasteiger partial charge >= 0.3 is 5.69 Å². The maximum absolute atomic E-state index is 14.4. The average molecular weight is 356 g/mol. The Bertz CT molecular complexity index is 882. The molecule has 0 spiro atoms. The van der Waals surface area contributed by atoms with Gasteiger partial charge in [-0.3, -0.25) is 4.57 Å². The highest BCUT2D eigenvalue weighted by molar-refractivity contribution is 6.32. The Balaban J connectivity index is 2.35. The van der Waals surface area contributed by atoms with Gasteiger partial charge in [0, 0.05) is 12.6 Å². The summed E-state index contributed by atoms with van der Waals surface area (Å²) in [5.74, 6) is -0.506. The van der Waals surface area contributed by atoms with Crippen LogP contribution in [0.4, 0.5) is 4.39 Å². The highest BCUT2D eigenvalue weighted by Crippen LogP contribution is 2.35. The summed E-state index contributed by atoms with van der Waals surface area (Å²) in [6, 6.07) is 4.32. The largest absolute Gasteiger partial charge is 0.495 e. The fourth-order valence-electron chi connectivity index (χ4n) is 2.84. The van der Waals surface area contributed by atoms with Crippen LogP contribution >= 0.6 is 23.2 Å². The van der Waals surface area contributed by atoms with Crippen molar-refractivity contribution in [1.82, 2.24) is 9.13 Å². The molecule has 0 fully saturated rings. The van der Waals surface area contributed by atoms with Gasteiger partial charge in [-0.1, -0.05) is 11.6 Å². The van der Waals surface area contributed by atoms with E-state index in [0.29, 0.717) is 18.7 Å². The summed E-state index contributed by atoms with van der Waals surface area (Å²) in [6.45, 7) is 0.450. The molecule has 0 saturated heterocycles. The third-order valence-electron chi connectivity index (χ3n) is 3.88. The number of hydrogen-bond acceptors (Lipinski definition) is 3. The number of fused-ring (bicyclic) bond motifs is 1. The van der Waals surface area contributed by atoms with E-state index in [2.05, 4.69) is 0 Å². The average Bonchev–Trinajstić information content (AvgIpc) is 2.81. The number of benzene rings is 1. The standard InChI is InChI=1S/C15H12Cl2FN3O2/c1-23-13-6-11(10(18)5-9(13)17)21-12(7-19)14-8(16)3-2-4-20(14)15(21)22/h5-6,8H,2-4H2,1H3. The van der Waals surface area contributed by atoms with Crippen LogP contribution in [0, 0.1) is 17.1 Å². The van der Waals surface area contributed by atoms with Gasteiger partial charge in [0.2, 0.25) is 0 Å². The molecule has 1 aliphatic heterocycles. The van der Waals surface area contributed by atoms with Crippen molar-refractivity contribution in [2.45, 2.75) is 24.8 Å². The Hall–Kier alpha value is -1.97. The number of halogens is 3. The fraction of sp³-hybridized carbons (Fsp3) is 0.333. The molecule has 1 unspecified atom stereocenters. The number of aromatic nitrogens is 2. The lowest BCUT2D eigenvalue weighted by atomic mass is 10.1. The first kappa shape index (κ1) is 15.9. The van der Waals surface area contributed by atoms with Crippen LogP contribution in [0.25, 0.3) is 5.69 Å². The van der Waals surface area contributed by atoms with Gasteiger partial charge in [-0.05, 0) is 18.9 Å². The Morgan fingerprint density at radius 1 is 1.48 bits per heavy atom. The maximum Gasteiger partial charge on any atom is 0.334 e. The maximum atomic E-state index is 14.4. The summed E-state index contributed by atoms with van der Waals surface area (Å²) in [5, 5.41) is 9.11. The van der Waals surface area contributed by atoms with Crippen molar-refractivity contribution in [2.75, 3.05) is 7.11 Å². The van der Waals surface area contributed by atoms with Crippen LogP contribution < -0.4 is 10.4 Å². The van der Waals surface area contributed by atoms with E-state index in [4.69, 9.17) is 27.9 Å². The first-order valence-electron chi connectivity index (χ1n) is 6.92. The van der Waals surface area contributed by atoms with Crippen molar-refractivity contribution in [2.24, 2.45) is 0 Å².